The average Bonchev–Trinajstić information content (AvgIpc) is 3.64. The van der Waals surface area contributed by atoms with Crippen molar-refractivity contribution in [3.63, 3.8) is 0 Å². The molecule has 1 aliphatic rings. The van der Waals surface area contributed by atoms with Gasteiger partial charge < -0.3 is 25.3 Å². The number of amides is 1. The van der Waals surface area contributed by atoms with Crippen molar-refractivity contribution in [3.05, 3.63) is 114 Å². The van der Waals surface area contributed by atoms with Crippen molar-refractivity contribution >= 4 is 23.0 Å². The molecule has 278 valence electrons. The van der Waals surface area contributed by atoms with Crippen LogP contribution < -0.4 is 15.1 Å². The molecule has 3 aromatic carbocycles. The van der Waals surface area contributed by atoms with E-state index in [0.717, 1.165) is 40.6 Å². The van der Waals surface area contributed by atoms with Gasteiger partial charge in [-0.3, -0.25) is 9.78 Å². The second-order valence-corrected chi connectivity index (χ2v) is 12.4. The highest BCUT2D eigenvalue weighted by Gasteiger charge is 2.58. The Morgan fingerprint density at radius 1 is 0.830 bits per heavy atom. The first-order valence-corrected chi connectivity index (χ1v) is 16.1. The Morgan fingerprint density at radius 2 is 1.43 bits per heavy atom. The molecule has 0 radical (unpaired) electrons. The number of rotatable bonds is 11. The van der Waals surface area contributed by atoms with Crippen molar-refractivity contribution < 1.29 is 45.7 Å². The summed E-state index contributed by atoms with van der Waals surface area (Å²) in [5, 5.41) is 33.4. The molecular formula is C35H31F7N8O3. The van der Waals surface area contributed by atoms with Crippen LogP contribution in [0.2, 0.25) is 0 Å². The van der Waals surface area contributed by atoms with Crippen LogP contribution in [-0.4, -0.2) is 79.8 Å². The molecule has 18 heteroatoms. The molecule has 1 amide bonds. The van der Waals surface area contributed by atoms with E-state index in [4.69, 9.17) is 0 Å². The smallest absolute Gasteiger partial charge is 0.383 e. The Balaban J connectivity index is 1.09. The molecule has 1 unspecified atom stereocenters. The van der Waals surface area contributed by atoms with Crippen molar-refractivity contribution in [1.29, 1.82) is 0 Å². The Labute approximate surface area is 297 Å². The van der Waals surface area contributed by atoms with E-state index in [1.165, 1.54) is 12.3 Å². The fourth-order valence-corrected chi connectivity index (χ4v) is 6.01. The molecule has 1 fully saturated rings. The third kappa shape index (κ3) is 8.23. The molecule has 0 spiro atoms. The lowest BCUT2D eigenvalue weighted by molar-refractivity contribution is -0.207. The van der Waals surface area contributed by atoms with E-state index in [1.807, 2.05) is 12.1 Å². The van der Waals surface area contributed by atoms with Gasteiger partial charge in [0.1, 0.15) is 29.8 Å². The monoisotopic (exact) mass is 744 g/mol. The Kier molecular flexibility index (Phi) is 10.4. The van der Waals surface area contributed by atoms with Crippen LogP contribution in [0.3, 0.4) is 0 Å². The van der Waals surface area contributed by atoms with E-state index in [2.05, 4.69) is 35.6 Å². The Morgan fingerprint density at radius 3 is 1.96 bits per heavy atom. The number of aliphatic hydroxyl groups excluding tert-OH is 1. The second kappa shape index (κ2) is 14.8. The van der Waals surface area contributed by atoms with E-state index < -0.39 is 65.6 Å². The number of nitrogens with zero attached hydrogens (tertiary/aromatic N) is 7. The summed E-state index contributed by atoms with van der Waals surface area (Å²) in [5.74, 6) is -7.74. The van der Waals surface area contributed by atoms with E-state index in [0.29, 0.717) is 43.4 Å². The quantitative estimate of drug-likeness (QED) is 0.155. The van der Waals surface area contributed by atoms with Crippen molar-refractivity contribution in [2.24, 2.45) is 0 Å². The standard InChI is InChI=1S/C35H31F7N8O3/c36-24-4-11-28(29(37)17-24)33(53,20-50-21-44-46-47-50)35(41,42)31-12-3-23(19-43-31)22-1-7-26(8-2-22)48-13-15-49(16-14-48)27-9-5-25(6-10-27)45-32(52)30(51)18-34(38,39)40/h1-12,17,19,21,30,51,53H,13-16,18,20H2,(H,45,52)/t30?,33-/m0/s1. The summed E-state index contributed by atoms with van der Waals surface area (Å²) < 4.78 is 98.9. The molecule has 5 aromatic rings. The van der Waals surface area contributed by atoms with Crippen LogP contribution >= 0.6 is 0 Å². The fraction of sp³-hybridized carbons (Fsp3) is 0.286. The van der Waals surface area contributed by atoms with Crippen molar-refractivity contribution in [1.82, 2.24) is 25.2 Å². The van der Waals surface area contributed by atoms with Crippen LogP contribution in [0.4, 0.5) is 47.8 Å². The summed E-state index contributed by atoms with van der Waals surface area (Å²) in [7, 11) is 0. The molecule has 2 atom stereocenters. The molecule has 53 heavy (non-hydrogen) atoms. The molecule has 1 saturated heterocycles. The average molecular weight is 745 g/mol. The summed E-state index contributed by atoms with van der Waals surface area (Å²) in [5.41, 5.74) is -1.83. The van der Waals surface area contributed by atoms with Crippen molar-refractivity contribution in [3.8, 4) is 11.1 Å². The molecule has 2 aromatic heterocycles. The first-order chi connectivity index (χ1) is 25.1. The summed E-state index contributed by atoms with van der Waals surface area (Å²) in [4.78, 5) is 20.1. The van der Waals surface area contributed by atoms with E-state index in [1.54, 1.807) is 36.4 Å². The number of nitrogens with one attached hydrogen (secondary N) is 1. The number of pyridine rings is 1. The van der Waals surface area contributed by atoms with Crippen LogP contribution in [0.15, 0.2) is 91.4 Å². The van der Waals surface area contributed by atoms with Gasteiger partial charge in [0.15, 0.2) is 5.60 Å². The number of hydrogen-bond donors (Lipinski definition) is 3. The maximum absolute atomic E-state index is 16.1. The predicted octanol–water partition coefficient (Wildman–Crippen LogP) is 5.27. The van der Waals surface area contributed by atoms with Gasteiger partial charge in [-0.05, 0) is 70.6 Å². The number of carbonyl (C=O) groups is 1. The molecule has 3 N–H and O–H groups in total. The highest BCUT2D eigenvalue weighted by Crippen LogP contribution is 2.47. The molecule has 11 nitrogen and oxygen atoms in total. The number of halogens is 7. The topological polar surface area (TPSA) is 133 Å². The SMILES string of the molecule is O=C(Nc1ccc(N2CCN(c3ccc(-c4ccc(C(F)(F)[C@](O)(Cn5cnnn5)c5ccc(F)cc5F)nc4)cc3)CC2)cc1)C(O)CC(F)(F)F. The first-order valence-electron chi connectivity index (χ1n) is 16.1. The minimum atomic E-state index is -4.67. The molecule has 0 bridgehead atoms. The third-order valence-corrected chi connectivity index (χ3v) is 8.84. The summed E-state index contributed by atoms with van der Waals surface area (Å²) in [6.45, 7) is 1.60. The first kappa shape index (κ1) is 37.1. The molecule has 6 rings (SSSR count). The van der Waals surface area contributed by atoms with Gasteiger partial charge in [-0.2, -0.15) is 22.0 Å². The fourth-order valence-electron chi connectivity index (χ4n) is 6.01. The number of piperazine rings is 1. The molecule has 0 aliphatic carbocycles. The van der Waals surface area contributed by atoms with Gasteiger partial charge in [0.25, 0.3) is 5.91 Å². The van der Waals surface area contributed by atoms with Crippen LogP contribution in [0.5, 0.6) is 0 Å². The highest BCUT2D eigenvalue weighted by atomic mass is 19.4. The zero-order valence-corrected chi connectivity index (χ0v) is 27.6. The summed E-state index contributed by atoms with van der Waals surface area (Å²) in [6, 6.07) is 18.2. The van der Waals surface area contributed by atoms with Crippen LogP contribution in [0.25, 0.3) is 11.1 Å². The lowest BCUT2D eigenvalue weighted by Gasteiger charge is -2.37. The van der Waals surface area contributed by atoms with E-state index >= 15 is 8.78 Å². The molecule has 3 heterocycles. The normalized spacial score (nSPS) is 15.6. The number of aromatic nitrogens is 5. The molecule has 0 saturated carbocycles. The van der Waals surface area contributed by atoms with Gasteiger partial charge in [-0.25, -0.2) is 13.5 Å². The maximum Gasteiger partial charge on any atom is 0.392 e. The van der Waals surface area contributed by atoms with Gasteiger partial charge in [0.2, 0.25) is 0 Å². The van der Waals surface area contributed by atoms with Gasteiger partial charge in [0.05, 0.1) is 13.0 Å². The highest BCUT2D eigenvalue weighted by molar-refractivity contribution is 5.94. The van der Waals surface area contributed by atoms with Crippen molar-refractivity contribution in [2.45, 2.75) is 36.8 Å². The van der Waals surface area contributed by atoms with Crippen LogP contribution in [-0.2, 0) is 22.9 Å². The van der Waals surface area contributed by atoms with Gasteiger partial charge in [-0.15, -0.1) is 5.10 Å². The minimum absolute atomic E-state index is 0.250. The predicted molar refractivity (Wildman–Crippen MR) is 178 cm³/mol. The number of alkyl halides is 5. The Bertz CT molecular complexity index is 2010. The zero-order valence-electron chi connectivity index (χ0n) is 27.6. The van der Waals surface area contributed by atoms with Crippen LogP contribution in [0.1, 0.15) is 17.7 Å². The number of aliphatic hydroxyl groups is 2. The summed E-state index contributed by atoms with van der Waals surface area (Å²) >= 11 is 0. The number of carbonyl (C=O) groups excluding carboxylic acids is 1. The third-order valence-electron chi connectivity index (χ3n) is 8.84. The second-order valence-electron chi connectivity index (χ2n) is 12.4. The minimum Gasteiger partial charge on any atom is -0.383 e. The van der Waals surface area contributed by atoms with Gasteiger partial charge in [0, 0.05) is 66.6 Å². The van der Waals surface area contributed by atoms with E-state index in [-0.39, 0.29) is 5.69 Å². The number of benzene rings is 3. The Hall–Kier alpha value is -5.62. The number of anilines is 3. The van der Waals surface area contributed by atoms with E-state index in [9.17, 15) is 37.0 Å². The maximum atomic E-state index is 16.1. The number of tetrazole rings is 1. The van der Waals surface area contributed by atoms with Crippen LogP contribution in [0, 0.1) is 11.6 Å². The van der Waals surface area contributed by atoms with Crippen molar-refractivity contribution in [2.75, 3.05) is 41.3 Å². The molecule has 1 aliphatic heterocycles. The zero-order chi connectivity index (χ0) is 38.0. The summed E-state index contributed by atoms with van der Waals surface area (Å²) in [6.07, 6.45) is -6.35. The lowest BCUT2D eigenvalue weighted by Crippen LogP contribution is -2.48. The van der Waals surface area contributed by atoms with Gasteiger partial charge >= 0.3 is 12.1 Å². The largest absolute Gasteiger partial charge is 0.392 e. The molecular weight excluding hydrogens is 713 g/mol. The number of hydrogen-bond acceptors (Lipinski definition) is 9. The lowest BCUT2D eigenvalue weighted by atomic mass is 9.84. The van der Waals surface area contributed by atoms with Gasteiger partial charge in [-0.1, -0.05) is 18.2 Å².